The molecule has 1 heterocycles. The largest absolute Gasteiger partial charge is 0.496 e. The number of carbonyl (C=O) groups excluding carboxylic acids is 2. The van der Waals surface area contributed by atoms with Crippen molar-refractivity contribution in [1.29, 1.82) is 0 Å². The van der Waals surface area contributed by atoms with Crippen LogP contribution in [0.4, 0.5) is 0 Å². The van der Waals surface area contributed by atoms with Crippen LogP contribution in [0.2, 0.25) is 0 Å². The minimum atomic E-state index is -0.177. The Morgan fingerprint density at radius 3 is 2.62 bits per heavy atom. The van der Waals surface area contributed by atoms with E-state index >= 15 is 0 Å². The van der Waals surface area contributed by atoms with E-state index in [1.54, 1.807) is 14.0 Å². The van der Waals surface area contributed by atoms with Crippen molar-refractivity contribution in [2.45, 2.75) is 20.3 Å². The van der Waals surface area contributed by atoms with Gasteiger partial charge in [0.05, 0.1) is 24.8 Å². The fraction of sp³-hybridized carbons (Fsp3) is 0.353. The van der Waals surface area contributed by atoms with Crippen molar-refractivity contribution in [3.05, 3.63) is 35.7 Å². The number of rotatable bonds is 7. The molecule has 24 heavy (non-hydrogen) atoms. The molecule has 0 spiro atoms. The molecule has 2 amide bonds. The van der Waals surface area contributed by atoms with E-state index in [0.29, 0.717) is 36.2 Å². The summed E-state index contributed by atoms with van der Waals surface area (Å²) in [6.45, 7) is 3.96. The number of amides is 2. The molecule has 0 aliphatic rings. The molecule has 0 saturated heterocycles. The first-order chi connectivity index (χ1) is 11.5. The molecule has 1 aromatic heterocycles. The maximum absolute atomic E-state index is 11.9. The van der Waals surface area contributed by atoms with Gasteiger partial charge in [0.15, 0.2) is 0 Å². The van der Waals surface area contributed by atoms with E-state index in [4.69, 9.17) is 9.15 Å². The average Bonchev–Trinajstić information content (AvgIpc) is 2.92. The molecule has 1 aromatic carbocycles. The monoisotopic (exact) mass is 331 g/mol. The Kier molecular flexibility index (Phi) is 5.95. The van der Waals surface area contributed by atoms with E-state index in [-0.39, 0.29) is 18.2 Å². The van der Waals surface area contributed by atoms with Crippen LogP contribution in [0.5, 0.6) is 5.75 Å². The number of ether oxygens (including phenoxy) is 1. The highest BCUT2D eigenvalue weighted by Crippen LogP contribution is 2.30. The predicted molar refractivity (Wildman–Crippen MR) is 88.6 cm³/mol. The number of methoxy groups -OCH3 is 1. The number of para-hydroxylation sites is 1. The second-order valence-corrected chi connectivity index (χ2v) is 5.23. The first-order valence-electron chi connectivity index (χ1n) is 7.62. The molecule has 0 atom stereocenters. The van der Waals surface area contributed by atoms with Crippen molar-refractivity contribution in [1.82, 2.24) is 15.6 Å². The summed E-state index contributed by atoms with van der Waals surface area (Å²) in [5.74, 6) is 1.37. The third-order valence-corrected chi connectivity index (χ3v) is 3.38. The van der Waals surface area contributed by atoms with Gasteiger partial charge in [0, 0.05) is 20.0 Å². The van der Waals surface area contributed by atoms with Gasteiger partial charge in [-0.25, -0.2) is 4.98 Å². The third-order valence-electron chi connectivity index (χ3n) is 3.38. The summed E-state index contributed by atoms with van der Waals surface area (Å²) in [5, 5.41) is 5.34. The summed E-state index contributed by atoms with van der Waals surface area (Å²) >= 11 is 0. The van der Waals surface area contributed by atoms with E-state index in [1.807, 2.05) is 24.3 Å². The molecule has 128 valence electrons. The van der Waals surface area contributed by atoms with Gasteiger partial charge >= 0.3 is 0 Å². The first-order valence-corrected chi connectivity index (χ1v) is 7.62. The number of carbonyl (C=O) groups is 2. The Bertz CT molecular complexity index is 724. The summed E-state index contributed by atoms with van der Waals surface area (Å²) in [4.78, 5) is 27.1. The highest BCUT2D eigenvalue weighted by Gasteiger charge is 2.16. The quantitative estimate of drug-likeness (QED) is 0.749. The Morgan fingerprint density at radius 2 is 1.92 bits per heavy atom. The second-order valence-electron chi connectivity index (χ2n) is 5.23. The van der Waals surface area contributed by atoms with E-state index in [2.05, 4.69) is 15.6 Å². The number of benzene rings is 1. The summed E-state index contributed by atoms with van der Waals surface area (Å²) in [6.07, 6.45) is 0.116. The number of oxazole rings is 1. The Hall–Kier alpha value is -2.83. The van der Waals surface area contributed by atoms with Crippen molar-refractivity contribution < 1.29 is 18.7 Å². The maximum atomic E-state index is 11.9. The lowest BCUT2D eigenvalue weighted by Gasteiger charge is -2.04. The molecule has 7 heteroatoms. The summed E-state index contributed by atoms with van der Waals surface area (Å²) in [6, 6.07) is 7.40. The van der Waals surface area contributed by atoms with Crippen molar-refractivity contribution >= 4 is 11.8 Å². The van der Waals surface area contributed by atoms with Crippen LogP contribution in [0, 0.1) is 6.92 Å². The highest BCUT2D eigenvalue weighted by atomic mass is 16.5. The van der Waals surface area contributed by atoms with Crippen LogP contribution in [0.25, 0.3) is 11.5 Å². The van der Waals surface area contributed by atoms with E-state index in [9.17, 15) is 9.59 Å². The average molecular weight is 331 g/mol. The molecule has 0 aliphatic heterocycles. The molecule has 2 N–H and O–H groups in total. The van der Waals surface area contributed by atoms with Crippen LogP contribution in [-0.2, 0) is 16.0 Å². The second kappa shape index (κ2) is 8.14. The van der Waals surface area contributed by atoms with Gasteiger partial charge in [-0.05, 0) is 19.1 Å². The minimum Gasteiger partial charge on any atom is -0.496 e. The highest BCUT2D eigenvalue weighted by molar-refractivity contribution is 5.78. The van der Waals surface area contributed by atoms with Gasteiger partial charge in [-0.1, -0.05) is 12.1 Å². The fourth-order valence-corrected chi connectivity index (χ4v) is 2.18. The number of nitrogens with one attached hydrogen (secondary N) is 2. The van der Waals surface area contributed by atoms with Crippen LogP contribution in [0.1, 0.15) is 18.4 Å². The standard InChI is InChI=1S/C17H21N3O4/c1-11-14(10-16(22)19-9-8-18-12(2)21)20-17(24-11)13-6-4-5-7-15(13)23-3/h4-7H,8-10H2,1-3H3,(H,18,21)(H,19,22). The summed E-state index contributed by atoms with van der Waals surface area (Å²) < 4.78 is 11.0. The molecule has 2 aromatic rings. The Morgan fingerprint density at radius 1 is 1.21 bits per heavy atom. The van der Waals surface area contributed by atoms with E-state index < -0.39 is 0 Å². The molecule has 0 fully saturated rings. The summed E-state index contributed by atoms with van der Waals surface area (Å²) in [5.41, 5.74) is 1.31. The number of hydrogen-bond acceptors (Lipinski definition) is 5. The maximum Gasteiger partial charge on any atom is 0.230 e. The molecule has 7 nitrogen and oxygen atoms in total. The van der Waals surface area contributed by atoms with Crippen molar-refractivity contribution in [3.63, 3.8) is 0 Å². The molecular weight excluding hydrogens is 310 g/mol. The Labute approximate surface area is 140 Å². The number of hydrogen-bond donors (Lipinski definition) is 2. The first kappa shape index (κ1) is 17.5. The SMILES string of the molecule is COc1ccccc1-c1nc(CC(=O)NCCNC(C)=O)c(C)o1. The summed E-state index contributed by atoms with van der Waals surface area (Å²) in [7, 11) is 1.58. The lowest BCUT2D eigenvalue weighted by molar-refractivity contribution is -0.121. The van der Waals surface area contributed by atoms with E-state index in [1.165, 1.54) is 6.92 Å². The lowest BCUT2D eigenvalue weighted by atomic mass is 10.2. The number of nitrogens with zero attached hydrogens (tertiary/aromatic N) is 1. The lowest BCUT2D eigenvalue weighted by Crippen LogP contribution is -2.34. The van der Waals surface area contributed by atoms with Gasteiger partial charge in [0.1, 0.15) is 11.5 Å². The van der Waals surface area contributed by atoms with Gasteiger partial charge in [0.25, 0.3) is 0 Å². The zero-order valence-corrected chi connectivity index (χ0v) is 14.0. The number of aryl methyl sites for hydroxylation is 1. The molecule has 0 aliphatic carbocycles. The predicted octanol–water partition coefficient (Wildman–Crippen LogP) is 1.45. The zero-order valence-electron chi connectivity index (χ0n) is 14.0. The van der Waals surface area contributed by atoms with Crippen LogP contribution >= 0.6 is 0 Å². The fourth-order valence-electron chi connectivity index (χ4n) is 2.18. The normalized spacial score (nSPS) is 10.3. The van der Waals surface area contributed by atoms with Gasteiger partial charge in [-0.2, -0.15) is 0 Å². The van der Waals surface area contributed by atoms with Crippen molar-refractivity contribution in [2.75, 3.05) is 20.2 Å². The number of aromatic nitrogens is 1. The van der Waals surface area contributed by atoms with Crippen molar-refractivity contribution in [3.8, 4) is 17.2 Å². The molecule has 2 rings (SSSR count). The molecule has 0 radical (unpaired) electrons. The van der Waals surface area contributed by atoms with Crippen LogP contribution < -0.4 is 15.4 Å². The van der Waals surface area contributed by atoms with Gasteiger partial charge < -0.3 is 19.8 Å². The smallest absolute Gasteiger partial charge is 0.230 e. The molecule has 0 bridgehead atoms. The van der Waals surface area contributed by atoms with Crippen molar-refractivity contribution in [2.24, 2.45) is 0 Å². The van der Waals surface area contributed by atoms with Gasteiger partial charge in [-0.3, -0.25) is 9.59 Å². The van der Waals surface area contributed by atoms with Crippen LogP contribution in [0.15, 0.2) is 28.7 Å². The van der Waals surface area contributed by atoms with Gasteiger partial charge in [0.2, 0.25) is 17.7 Å². The molecule has 0 saturated carbocycles. The third kappa shape index (κ3) is 4.58. The van der Waals surface area contributed by atoms with E-state index in [0.717, 1.165) is 5.56 Å². The minimum absolute atomic E-state index is 0.116. The van der Waals surface area contributed by atoms with Gasteiger partial charge in [-0.15, -0.1) is 0 Å². The van der Waals surface area contributed by atoms with Crippen LogP contribution in [0.3, 0.4) is 0 Å². The topological polar surface area (TPSA) is 93.5 Å². The molecule has 0 unspecified atom stereocenters. The Balaban J connectivity index is 2.01. The zero-order chi connectivity index (χ0) is 17.5. The van der Waals surface area contributed by atoms with Crippen LogP contribution in [-0.4, -0.2) is 37.0 Å². The molecular formula is C17H21N3O4.